The first kappa shape index (κ1) is 25.9. The Labute approximate surface area is 229 Å². The third-order valence-corrected chi connectivity index (χ3v) is 8.70. The van der Waals surface area contributed by atoms with E-state index in [1.165, 1.54) is 25.7 Å². The van der Waals surface area contributed by atoms with Crippen molar-refractivity contribution in [2.24, 2.45) is 5.73 Å². The summed E-state index contributed by atoms with van der Waals surface area (Å²) in [6.45, 7) is 1.39. The molecule has 1 saturated heterocycles. The number of fused-ring (bicyclic) bond motifs is 1. The number of amides is 1. The highest BCUT2D eigenvalue weighted by Gasteiger charge is 2.27. The van der Waals surface area contributed by atoms with Crippen molar-refractivity contribution in [2.45, 2.75) is 88.4 Å². The van der Waals surface area contributed by atoms with Crippen molar-refractivity contribution in [3.05, 3.63) is 36.2 Å². The smallest absolute Gasteiger partial charge is 0.253 e. The van der Waals surface area contributed by atoms with Crippen molar-refractivity contribution >= 4 is 28.8 Å². The van der Waals surface area contributed by atoms with Gasteiger partial charge in [0, 0.05) is 42.8 Å². The van der Waals surface area contributed by atoms with Crippen LogP contribution in [0.5, 0.6) is 5.75 Å². The zero-order chi connectivity index (χ0) is 26.8. The molecule has 2 saturated carbocycles. The van der Waals surface area contributed by atoms with Crippen molar-refractivity contribution in [1.29, 1.82) is 0 Å². The molecule has 6 rings (SSSR count). The van der Waals surface area contributed by atoms with E-state index >= 15 is 0 Å². The lowest BCUT2D eigenvalue weighted by Gasteiger charge is -2.33. The van der Waals surface area contributed by atoms with Gasteiger partial charge in [0.1, 0.15) is 5.75 Å². The zero-order valence-electron chi connectivity index (χ0n) is 22.8. The van der Waals surface area contributed by atoms with E-state index in [4.69, 9.17) is 25.4 Å². The van der Waals surface area contributed by atoms with Gasteiger partial charge >= 0.3 is 0 Å². The Hall–Kier alpha value is -3.40. The van der Waals surface area contributed by atoms with E-state index in [0.29, 0.717) is 42.7 Å². The van der Waals surface area contributed by atoms with Crippen molar-refractivity contribution in [1.82, 2.24) is 24.4 Å². The number of piperidine rings is 1. The van der Waals surface area contributed by atoms with E-state index in [2.05, 4.69) is 15.2 Å². The molecule has 10 heteroatoms. The second kappa shape index (κ2) is 11.4. The van der Waals surface area contributed by atoms with Crippen molar-refractivity contribution in [2.75, 3.05) is 30.8 Å². The van der Waals surface area contributed by atoms with Crippen LogP contribution >= 0.6 is 0 Å². The van der Waals surface area contributed by atoms with Crippen LogP contribution in [0.25, 0.3) is 11.2 Å². The van der Waals surface area contributed by atoms with E-state index < -0.39 is 0 Å². The van der Waals surface area contributed by atoms with Crippen molar-refractivity contribution in [3.8, 4) is 5.75 Å². The van der Waals surface area contributed by atoms with Gasteiger partial charge in [0.05, 0.1) is 13.4 Å². The molecule has 10 nitrogen and oxygen atoms in total. The number of hydrogen-bond donors (Lipinski definition) is 3. The molecular weight excluding hydrogens is 492 g/mol. The Bertz CT molecular complexity index is 1270. The maximum Gasteiger partial charge on any atom is 0.253 e. The Morgan fingerprint density at radius 1 is 0.923 bits per heavy atom. The summed E-state index contributed by atoms with van der Waals surface area (Å²) in [4.78, 5) is 29.7. The summed E-state index contributed by atoms with van der Waals surface area (Å²) in [6.07, 6.45) is 12.6. The summed E-state index contributed by atoms with van der Waals surface area (Å²) >= 11 is 0. The first-order valence-corrected chi connectivity index (χ1v) is 14.5. The molecule has 3 aliphatic rings. The van der Waals surface area contributed by atoms with E-state index in [1.54, 1.807) is 7.11 Å². The van der Waals surface area contributed by atoms with Crippen LogP contribution in [0.15, 0.2) is 30.6 Å². The van der Waals surface area contributed by atoms with Gasteiger partial charge < -0.3 is 30.6 Å². The summed E-state index contributed by atoms with van der Waals surface area (Å²) in [5, 5.41) is 7.29. The van der Waals surface area contributed by atoms with Crippen LogP contribution in [0.1, 0.15) is 80.6 Å². The third kappa shape index (κ3) is 5.66. The standard InChI is InChI=1S/C29H40N8O2/c1-39-24-12-6-19(7-13-24)28(38)36-16-14-22(15-17-36)32-26-25-27(37(18-31-25)23-4-2-3-5-23)35-29(34-26)33-21-10-8-20(30)9-11-21/h6-7,12-13,18,20-23H,2-5,8-11,14-17,30H2,1H3,(H2,32,33,34,35). The van der Waals surface area contributed by atoms with Gasteiger partial charge in [-0.1, -0.05) is 12.8 Å². The molecular formula is C29H40N8O2. The van der Waals surface area contributed by atoms with Gasteiger partial charge in [-0.15, -0.1) is 0 Å². The van der Waals surface area contributed by atoms with E-state index in [1.807, 2.05) is 35.5 Å². The van der Waals surface area contributed by atoms with E-state index in [9.17, 15) is 4.79 Å². The average Bonchev–Trinajstić information content (AvgIpc) is 3.65. The number of rotatable bonds is 7. The van der Waals surface area contributed by atoms with Crippen LogP contribution in [0, 0.1) is 0 Å². The predicted octanol–water partition coefficient (Wildman–Crippen LogP) is 4.35. The lowest BCUT2D eigenvalue weighted by Crippen LogP contribution is -2.42. The number of anilines is 2. The quantitative estimate of drug-likeness (QED) is 0.410. The predicted molar refractivity (Wildman–Crippen MR) is 152 cm³/mol. The SMILES string of the molecule is COc1ccc(C(=O)N2CCC(Nc3nc(NC4CCC(N)CC4)nc4c3ncn4C3CCCC3)CC2)cc1. The Morgan fingerprint density at radius 2 is 1.62 bits per heavy atom. The molecule has 0 bridgehead atoms. The molecule has 3 heterocycles. The van der Waals surface area contributed by atoms with Gasteiger partial charge in [0.2, 0.25) is 5.95 Å². The monoisotopic (exact) mass is 532 g/mol. The highest BCUT2D eigenvalue weighted by atomic mass is 16.5. The fourth-order valence-electron chi connectivity index (χ4n) is 6.31. The van der Waals surface area contributed by atoms with E-state index in [0.717, 1.165) is 61.3 Å². The molecule has 3 fully saturated rings. The van der Waals surface area contributed by atoms with Crippen molar-refractivity contribution < 1.29 is 9.53 Å². The first-order valence-electron chi connectivity index (χ1n) is 14.5. The maximum atomic E-state index is 13.0. The zero-order valence-corrected chi connectivity index (χ0v) is 22.8. The number of hydrogen-bond acceptors (Lipinski definition) is 8. The maximum absolute atomic E-state index is 13.0. The number of likely N-dealkylation sites (tertiary alicyclic amines) is 1. The van der Waals surface area contributed by atoms with Gasteiger partial charge in [-0.2, -0.15) is 9.97 Å². The van der Waals surface area contributed by atoms with Crippen LogP contribution < -0.4 is 21.1 Å². The molecule has 1 aromatic carbocycles. The minimum Gasteiger partial charge on any atom is -0.497 e. The fourth-order valence-corrected chi connectivity index (χ4v) is 6.31. The molecule has 3 aromatic rings. The van der Waals surface area contributed by atoms with Gasteiger partial charge in [0.25, 0.3) is 5.91 Å². The van der Waals surface area contributed by atoms with Crippen LogP contribution in [0.2, 0.25) is 0 Å². The van der Waals surface area contributed by atoms with Gasteiger partial charge in [-0.05, 0) is 75.6 Å². The first-order chi connectivity index (χ1) is 19.1. The third-order valence-electron chi connectivity index (χ3n) is 8.70. The van der Waals surface area contributed by atoms with Gasteiger partial charge in [-0.25, -0.2) is 4.98 Å². The second-order valence-electron chi connectivity index (χ2n) is 11.4. The lowest BCUT2D eigenvalue weighted by atomic mass is 9.92. The fraction of sp³-hybridized carbons (Fsp3) is 0.586. The van der Waals surface area contributed by atoms with Gasteiger partial charge in [-0.3, -0.25) is 4.79 Å². The van der Waals surface area contributed by atoms with Crippen molar-refractivity contribution in [3.63, 3.8) is 0 Å². The molecule has 0 spiro atoms. The largest absolute Gasteiger partial charge is 0.497 e. The molecule has 2 aromatic heterocycles. The summed E-state index contributed by atoms with van der Waals surface area (Å²) in [7, 11) is 1.63. The number of ether oxygens (including phenoxy) is 1. The summed E-state index contributed by atoms with van der Waals surface area (Å²) < 4.78 is 7.48. The molecule has 208 valence electrons. The lowest BCUT2D eigenvalue weighted by molar-refractivity contribution is 0.0718. The number of imidazole rings is 1. The molecule has 0 radical (unpaired) electrons. The number of methoxy groups -OCH3 is 1. The summed E-state index contributed by atoms with van der Waals surface area (Å²) in [5.41, 5.74) is 8.56. The Balaban J connectivity index is 1.17. The molecule has 1 amide bonds. The van der Waals surface area contributed by atoms with Gasteiger partial charge in [0.15, 0.2) is 17.0 Å². The summed E-state index contributed by atoms with van der Waals surface area (Å²) in [6, 6.07) is 8.63. The molecule has 39 heavy (non-hydrogen) atoms. The molecule has 4 N–H and O–H groups in total. The number of aromatic nitrogens is 4. The van der Waals surface area contributed by atoms with E-state index in [-0.39, 0.29) is 11.9 Å². The molecule has 0 unspecified atom stereocenters. The molecule has 2 aliphatic carbocycles. The Morgan fingerprint density at radius 3 is 2.31 bits per heavy atom. The number of nitrogens with one attached hydrogen (secondary N) is 2. The minimum absolute atomic E-state index is 0.0644. The van der Waals surface area contributed by atoms with Crippen LogP contribution in [-0.4, -0.2) is 68.7 Å². The Kier molecular flexibility index (Phi) is 7.54. The highest BCUT2D eigenvalue weighted by Crippen LogP contribution is 2.34. The van der Waals surface area contributed by atoms with Crippen LogP contribution in [-0.2, 0) is 0 Å². The van der Waals surface area contributed by atoms with Crippen LogP contribution in [0.3, 0.4) is 0 Å². The number of nitrogens with zero attached hydrogens (tertiary/aromatic N) is 5. The number of benzene rings is 1. The topological polar surface area (TPSA) is 123 Å². The number of carbonyl (C=O) groups excluding carboxylic acids is 1. The molecule has 1 aliphatic heterocycles. The number of nitrogens with two attached hydrogens (primary N) is 1. The second-order valence-corrected chi connectivity index (χ2v) is 11.4. The summed E-state index contributed by atoms with van der Waals surface area (Å²) in [5.74, 6) is 2.26. The normalized spacial score (nSPS) is 22.8. The molecule has 0 atom stereocenters. The van der Waals surface area contributed by atoms with Crippen LogP contribution in [0.4, 0.5) is 11.8 Å². The minimum atomic E-state index is 0.0644. The highest BCUT2D eigenvalue weighted by molar-refractivity contribution is 5.94. The number of carbonyl (C=O) groups is 1. The average molecular weight is 533 g/mol.